The summed E-state index contributed by atoms with van der Waals surface area (Å²) in [6.07, 6.45) is 2.12. The van der Waals surface area contributed by atoms with Gasteiger partial charge < -0.3 is 60.5 Å². The molecule has 2 N–H and O–H groups in total. The number of nitrogens with zero attached hydrogens (tertiary/aromatic N) is 1. The minimum Gasteiger partial charge on any atom is -0.478 e. The van der Waals surface area contributed by atoms with Crippen LogP contribution in [0.4, 0.5) is 0 Å². The molecule has 0 aliphatic carbocycles. The fraction of sp³-hybridized carbons (Fsp3) is 0.724. The molecule has 0 saturated carbocycles. The third-order valence-corrected chi connectivity index (χ3v) is 12.5. The monoisotopic (exact) mass is 743 g/mol. The predicted octanol–water partition coefficient (Wildman–Crippen LogP) is 0.610. The Balaban J connectivity index is 5.81. The highest BCUT2D eigenvalue weighted by atomic mass is 28.4. The van der Waals surface area contributed by atoms with Crippen molar-refractivity contribution in [2.75, 3.05) is 102 Å². The summed E-state index contributed by atoms with van der Waals surface area (Å²) in [5.74, 6) is -4.45. The highest BCUT2D eigenvalue weighted by Gasteiger charge is 2.37. The van der Waals surface area contributed by atoms with Gasteiger partial charge in [0.2, 0.25) is 0 Å². The van der Waals surface area contributed by atoms with Crippen molar-refractivity contribution in [3.63, 3.8) is 0 Å². The lowest BCUT2D eigenvalue weighted by Crippen LogP contribution is -2.45. The summed E-state index contributed by atoms with van der Waals surface area (Å²) in [6, 6.07) is 0.939. The normalized spacial score (nSPS) is 13.6. The molecule has 284 valence electrons. The average Bonchev–Trinajstić information content (AvgIpc) is 3.08. The Morgan fingerprint density at radius 2 is 0.959 bits per heavy atom. The van der Waals surface area contributed by atoms with Crippen molar-refractivity contribution >= 4 is 41.5 Å². The van der Waals surface area contributed by atoms with Crippen LogP contribution in [-0.4, -0.2) is 171 Å². The minimum absolute atomic E-state index is 0.0611. The number of carbonyl (C=O) groups is 4. The summed E-state index contributed by atoms with van der Waals surface area (Å²) in [4.78, 5) is 48.5. The van der Waals surface area contributed by atoms with Crippen LogP contribution in [0.25, 0.3) is 0 Å². The zero-order valence-electron chi connectivity index (χ0n) is 29.4. The van der Waals surface area contributed by atoms with E-state index < -0.39 is 53.7 Å². The van der Waals surface area contributed by atoms with Crippen LogP contribution in [0.5, 0.6) is 0 Å². The van der Waals surface area contributed by atoms with E-state index in [-0.39, 0.29) is 46.1 Å². The highest BCUT2D eigenvalue weighted by Crippen LogP contribution is 2.16. The van der Waals surface area contributed by atoms with Gasteiger partial charge in [-0.2, -0.15) is 0 Å². The molecule has 0 saturated heterocycles. The molecule has 0 heterocycles. The number of carboxylic acids is 2. The van der Waals surface area contributed by atoms with Crippen molar-refractivity contribution in [1.82, 2.24) is 4.90 Å². The van der Waals surface area contributed by atoms with Gasteiger partial charge in [-0.1, -0.05) is 0 Å². The minimum atomic E-state index is -2.82. The number of esters is 2. The van der Waals surface area contributed by atoms with Crippen LogP contribution in [-0.2, 0) is 69.4 Å². The van der Waals surface area contributed by atoms with Crippen LogP contribution in [0, 0.1) is 0 Å². The molecule has 0 aromatic heterocycles. The highest BCUT2D eigenvalue weighted by molar-refractivity contribution is 6.60. The summed E-state index contributed by atoms with van der Waals surface area (Å²) in [6.45, 7) is 1.01. The lowest BCUT2D eigenvalue weighted by atomic mass is 10.2. The number of aliphatic carboxylic acids is 2. The molecular formula is C29H53NO17Si2. The van der Waals surface area contributed by atoms with Gasteiger partial charge in [0.15, 0.2) is 0 Å². The second kappa shape index (κ2) is 27.2. The van der Waals surface area contributed by atoms with E-state index in [1.54, 1.807) is 4.90 Å². The Morgan fingerprint density at radius 1 is 0.592 bits per heavy atom. The molecule has 49 heavy (non-hydrogen) atoms. The van der Waals surface area contributed by atoms with E-state index in [2.05, 4.69) is 0 Å². The number of hydrogen-bond acceptors (Lipinski definition) is 16. The molecule has 0 aromatic carbocycles. The summed E-state index contributed by atoms with van der Waals surface area (Å²) in [5.41, 5.74) is 0. The molecule has 0 aromatic rings. The molecule has 0 spiro atoms. The quantitative estimate of drug-likeness (QED) is 0.0431. The molecule has 2 atom stereocenters. The summed E-state index contributed by atoms with van der Waals surface area (Å²) < 4.78 is 60.4. The average molecular weight is 744 g/mol. The Bertz CT molecular complexity index is 917. The standard InChI is InChI=1S/C29H53NO17Si2/c1-37-17-14-30(20-24(46-28(35)12-10-26(31)32)22-44-15-8-18-48(38-2,39-3)40-4)21-25(47-29(36)13-11-27(33)34)23-45-16-9-19-49(41-5,42-6)43-7/h10-13,24-25H,8-9,14-23H2,1-7H3,(H,31,32)(H,33,34). The second-order valence-electron chi connectivity index (χ2n) is 10.2. The van der Waals surface area contributed by atoms with Gasteiger partial charge in [0.1, 0.15) is 12.2 Å². The molecule has 18 nitrogen and oxygen atoms in total. The largest absolute Gasteiger partial charge is 0.500 e. The van der Waals surface area contributed by atoms with Crippen LogP contribution < -0.4 is 0 Å². The number of rotatable bonds is 31. The summed E-state index contributed by atoms with van der Waals surface area (Å²) in [5, 5.41) is 17.8. The number of hydrogen-bond donors (Lipinski definition) is 2. The van der Waals surface area contributed by atoms with Crippen LogP contribution in [0.3, 0.4) is 0 Å². The van der Waals surface area contributed by atoms with Crippen LogP contribution in [0.1, 0.15) is 12.8 Å². The first-order valence-corrected chi connectivity index (χ1v) is 19.1. The Morgan fingerprint density at radius 3 is 1.27 bits per heavy atom. The molecule has 0 radical (unpaired) electrons. The van der Waals surface area contributed by atoms with Gasteiger partial charge in [-0.25, -0.2) is 19.2 Å². The number of carboxylic acid groups (broad SMARTS) is 2. The van der Waals surface area contributed by atoms with Gasteiger partial charge in [-0.3, -0.25) is 4.90 Å². The maximum Gasteiger partial charge on any atom is 0.500 e. The van der Waals surface area contributed by atoms with E-state index in [1.165, 1.54) is 49.8 Å². The Labute approximate surface area is 289 Å². The topological polar surface area (TPSA) is 214 Å². The second-order valence-corrected chi connectivity index (χ2v) is 16.3. The molecule has 0 aliphatic rings. The molecule has 0 rings (SSSR count). The lowest BCUT2D eigenvalue weighted by Gasteiger charge is -2.30. The van der Waals surface area contributed by atoms with Gasteiger partial charge in [-0.05, 0) is 12.8 Å². The molecule has 0 amide bonds. The van der Waals surface area contributed by atoms with E-state index in [0.717, 1.165) is 12.2 Å². The van der Waals surface area contributed by atoms with Gasteiger partial charge in [-0.15, -0.1) is 0 Å². The zero-order chi connectivity index (χ0) is 37.1. The van der Waals surface area contributed by atoms with E-state index in [1.807, 2.05) is 0 Å². The maximum absolute atomic E-state index is 12.4. The number of methoxy groups -OCH3 is 1. The van der Waals surface area contributed by atoms with E-state index in [9.17, 15) is 19.2 Å². The van der Waals surface area contributed by atoms with Crippen molar-refractivity contribution in [2.24, 2.45) is 0 Å². The zero-order valence-corrected chi connectivity index (χ0v) is 31.4. The van der Waals surface area contributed by atoms with Crippen LogP contribution in [0.15, 0.2) is 24.3 Å². The molecule has 0 bridgehead atoms. The molecule has 0 aliphatic heterocycles. The van der Waals surface area contributed by atoms with Crippen LogP contribution >= 0.6 is 0 Å². The third-order valence-electron chi connectivity index (χ3n) is 6.84. The Kier molecular flexibility index (Phi) is 25.7. The third kappa shape index (κ3) is 21.3. The number of carbonyl (C=O) groups excluding carboxylic acids is 2. The van der Waals surface area contributed by atoms with E-state index in [4.69, 9.17) is 60.5 Å². The first-order valence-electron chi connectivity index (χ1n) is 15.3. The van der Waals surface area contributed by atoms with Crippen molar-refractivity contribution in [3.8, 4) is 0 Å². The van der Waals surface area contributed by atoms with Gasteiger partial charge in [0.05, 0.1) is 19.8 Å². The van der Waals surface area contributed by atoms with Gasteiger partial charge >= 0.3 is 41.5 Å². The molecular weight excluding hydrogens is 690 g/mol. The lowest BCUT2D eigenvalue weighted by molar-refractivity contribution is -0.150. The van der Waals surface area contributed by atoms with Crippen molar-refractivity contribution in [3.05, 3.63) is 24.3 Å². The summed E-state index contributed by atoms with van der Waals surface area (Å²) >= 11 is 0. The fourth-order valence-electron chi connectivity index (χ4n) is 4.31. The molecule has 2 unspecified atom stereocenters. The van der Waals surface area contributed by atoms with Crippen molar-refractivity contribution in [2.45, 2.75) is 37.1 Å². The first kappa shape index (κ1) is 46.4. The van der Waals surface area contributed by atoms with Crippen LogP contribution in [0.2, 0.25) is 12.1 Å². The smallest absolute Gasteiger partial charge is 0.478 e. The van der Waals surface area contributed by atoms with Crippen molar-refractivity contribution < 1.29 is 79.6 Å². The number of ether oxygens (including phenoxy) is 5. The SMILES string of the molecule is COCCN(CC(COCCC[Si](OC)(OC)OC)OC(=O)C=CC(=O)O)CC(COCCC[Si](OC)(OC)OC)OC(=O)C=CC(=O)O. The predicted molar refractivity (Wildman–Crippen MR) is 176 cm³/mol. The van der Waals surface area contributed by atoms with Gasteiger partial charge in [0, 0.05) is 119 Å². The Hall–Kier alpha value is -2.61. The fourth-order valence-corrected chi connectivity index (χ4v) is 7.69. The van der Waals surface area contributed by atoms with Gasteiger partial charge in [0.25, 0.3) is 0 Å². The molecule has 20 heteroatoms. The van der Waals surface area contributed by atoms with Crippen molar-refractivity contribution in [1.29, 1.82) is 0 Å². The van der Waals surface area contributed by atoms with E-state index in [0.29, 0.717) is 43.6 Å². The summed E-state index contributed by atoms with van der Waals surface area (Å²) in [7, 11) is 4.88. The van der Waals surface area contributed by atoms with E-state index >= 15 is 0 Å². The first-order chi connectivity index (χ1) is 23.4. The maximum atomic E-state index is 12.4. The molecule has 0 fully saturated rings.